The van der Waals surface area contributed by atoms with E-state index in [1.807, 2.05) is 25.1 Å². The number of likely N-dealkylation sites (N-methyl/N-ethyl adjacent to an activating group) is 1. The van der Waals surface area contributed by atoms with Gasteiger partial charge in [0.25, 0.3) is 5.91 Å². The lowest BCUT2D eigenvalue weighted by Crippen LogP contribution is -2.29. The molecule has 0 bridgehead atoms. The molecule has 8 nitrogen and oxygen atoms in total. The number of hydrogen-bond acceptors (Lipinski definition) is 5. The summed E-state index contributed by atoms with van der Waals surface area (Å²) in [4.78, 5) is 30.2. The highest BCUT2D eigenvalue weighted by Crippen LogP contribution is 2.19. The van der Waals surface area contributed by atoms with E-state index in [1.165, 1.54) is 6.08 Å². The number of rotatable bonds is 11. The van der Waals surface area contributed by atoms with Crippen LogP contribution in [0.1, 0.15) is 45.0 Å². The van der Waals surface area contributed by atoms with Gasteiger partial charge >= 0.3 is 0 Å². The van der Waals surface area contributed by atoms with E-state index in [2.05, 4.69) is 28.6 Å². The van der Waals surface area contributed by atoms with Crippen molar-refractivity contribution >= 4 is 28.9 Å². The Morgan fingerprint density at radius 2 is 2.00 bits per heavy atom. The highest BCUT2D eigenvalue weighted by molar-refractivity contribution is 5.91. The van der Waals surface area contributed by atoms with Gasteiger partial charge in [0.1, 0.15) is 5.82 Å². The Balaban J connectivity index is 2.31. The molecule has 1 aromatic heterocycles. The third-order valence-electron chi connectivity index (χ3n) is 4.84. The summed E-state index contributed by atoms with van der Waals surface area (Å²) < 4.78 is 2.15. The van der Waals surface area contributed by atoms with Gasteiger partial charge in [0.15, 0.2) is 0 Å². The maximum absolute atomic E-state index is 11.9. The van der Waals surface area contributed by atoms with Gasteiger partial charge in [-0.25, -0.2) is 10.5 Å². The van der Waals surface area contributed by atoms with Crippen LogP contribution in [0.25, 0.3) is 17.1 Å². The largest absolute Gasteiger partial charge is 0.349 e. The quantitative estimate of drug-likeness (QED) is 0.305. The molecule has 0 aliphatic heterocycles. The molecule has 1 heterocycles. The van der Waals surface area contributed by atoms with Crippen LogP contribution in [0, 0.1) is 0 Å². The van der Waals surface area contributed by atoms with Gasteiger partial charge in [-0.2, -0.15) is 0 Å². The van der Waals surface area contributed by atoms with E-state index < -0.39 is 5.91 Å². The summed E-state index contributed by atoms with van der Waals surface area (Å²) in [6.45, 7) is 10.3. The first-order chi connectivity index (χ1) is 14.0. The number of benzene rings is 1. The average molecular weight is 402 g/mol. The molecule has 0 spiro atoms. The van der Waals surface area contributed by atoms with E-state index in [1.54, 1.807) is 11.6 Å². The summed E-state index contributed by atoms with van der Waals surface area (Å²) in [7, 11) is 0. The summed E-state index contributed by atoms with van der Waals surface area (Å²) in [5, 5.41) is 11.6. The Labute approximate surface area is 171 Å². The fourth-order valence-electron chi connectivity index (χ4n) is 3.17. The number of carbonyl (C=O) groups is 2. The fraction of sp³-hybridized carbons (Fsp3) is 0.476. The highest BCUT2D eigenvalue weighted by Gasteiger charge is 2.13. The van der Waals surface area contributed by atoms with Gasteiger partial charge < -0.3 is 14.8 Å². The van der Waals surface area contributed by atoms with Crippen LogP contribution in [0.2, 0.25) is 0 Å². The lowest BCUT2D eigenvalue weighted by atomic mass is 10.2. The van der Waals surface area contributed by atoms with Crippen LogP contribution in [0.4, 0.5) is 0 Å². The van der Waals surface area contributed by atoms with Crippen molar-refractivity contribution in [1.82, 2.24) is 25.2 Å². The smallest absolute Gasteiger partial charge is 0.267 e. The maximum atomic E-state index is 11.9. The molecule has 0 aliphatic rings. The van der Waals surface area contributed by atoms with E-state index in [9.17, 15) is 9.59 Å². The first kappa shape index (κ1) is 22.6. The summed E-state index contributed by atoms with van der Waals surface area (Å²) in [5.74, 6) is 0.244. The number of amides is 2. The van der Waals surface area contributed by atoms with Gasteiger partial charge in [-0.05, 0) is 43.3 Å². The minimum Gasteiger partial charge on any atom is -0.349 e. The molecule has 0 unspecified atom stereocenters. The Kier molecular flexibility index (Phi) is 8.82. The number of hydrogen-bond donors (Lipinski definition) is 3. The lowest BCUT2D eigenvalue weighted by Gasteiger charge is -2.19. The molecule has 1 aromatic carbocycles. The van der Waals surface area contributed by atoms with E-state index >= 15 is 0 Å². The predicted octanol–water partition coefficient (Wildman–Crippen LogP) is 2.31. The molecule has 29 heavy (non-hydrogen) atoms. The van der Waals surface area contributed by atoms with Crippen molar-refractivity contribution in [2.24, 2.45) is 0 Å². The Morgan fingerprint density at radius 3 is 2.66 bits per heavy atom. The van der Waals surface area contributed by atoms with Crippen molar-refractivity contribution < 1.29 is 14.8 Å². The zero-order chi connectivity index (χ0) is 21.2. The van der Waals surface area contributed by atoms with Crippen LogP contribution in [0.3, 0.4) is 0 Å². The van der Waals surface area contributed by atoms with Gasteiger partial charge in [-0.1, -0.05) is 26.8 Å². The number of fused-ring (bicyclic) bond motifs is 1. The SMILES string of the molecule is CCCC(=O)NCc1nc2cc(/C=C/C(=O)NO)ccc2n1CCN(CC)CC. The summed E-state index contributed by atoms with van der Waals surface area (Å²) in [6.07, 6.45) is 4.18. The minimum absolute atomic E-state index is 0.0217. The number of carbonyl (C=O) groups excluding carboxylic acids is 2. The van der Waals surface area contributed by atoms with Crippen LogP contribution < -0.4 is 10.8 Å². The maximum Gasteiger partial charge on any atom is 0.267 e. The lowest BCUT2D eigenvalue weighted by molar-refractivity contribution is -0.124. The predicted molar refractivity (Wildman–Crippen MR) is 113 cm³/mol. The van der Waals surface area contributed by atoms with Crippen molar-refractivity contribution in [1.29, 1.82) is 0 Å². The molecule has 0 saturated carbocycles. The van der Waals surface area contributed by atoms with Gasteiger partial charge in [0.2, 0.25) is 5.91 Å². The topological polar surface area (TPSA) is 99.5 Å². The zero-order valence-electron chi connectivity index (χ0n) is 17.4. The highest BCUT2D eigenvalue weighted by atomic mass is 16.5. The van der Waals surface area contributed by atoms with E-state index in [-0.39, 0.29) is 5.91 Å². The molecule has 158 valence electrons. The molecule has 2 aromatic rings. The summed E-state index contributed by atoms with van der Waals surface area (Å²) in [6, 6.07) is 5.76. The molecule has 0 fully saturated rings. The van der Waals surface area contributed by atoms with Gasteiger partial charge in [0, 0.05) is 25.6 Å². The molecular formula is C21H31N5O3. The standard InChI is InChI=1S/C21H31N5O3/c1-4-7-20(27)22-15-19-23-17-14-16(9-11-21(28)24-29)8-10-18(17)26(19)13-12-25(5-2)6-3/h8-11,14,29H,4-7,12-13,15H2,1-3H3,(H,22,27)(H,24,28)/b11-9+. The number of hydroxylamine groups is 1. The second kappa shape index (κ2) is 11.3. The zero-order valence-corrected chi connectivity index (χ0v) is 17.4. The number of nitrogens with zero attached hydrogens (tertiary/aromatic N) is 3. The number of nitrogens with one attached hydrogen (secondary N) is 2. The summed E-state index contributed by atoms with van der Waals surface area (Å²) >= 11 is 0. The van der Waals surface area contributed by atoms with E-state index in [4.69, 9.17) is 10.2 Å². The van der Waals surface area contributed by atoms with Crippen LogP contribution in [0.15, 0.2) is 24.3 Å². The monoisotopic (exact) mass is 401 g/mol. The third kappa shape index (κ3) is 6.40. The number of imidazole rings is 1. The molecule has 8 heteroatoms. The Morgan fingerprint density at radius 1 is 1.24 bits per heavy atom. The number of aromatic nitrogens is 2. The molecule has 3 N–H and O–H groups in total. The van der Waals surface area contributed by atoms with Gasteiger partial charge in [-0.3, -0.25) is 14.8 Å². The molecule has 0 atom stereocenters. The van der Waals surface area contributed by atoms with Crippen LogP contribution in [-0.2, 0) is 22.7 Å². The molecule has 0 aliphatic carbocycles. The van der Waals surface area contributed by atoms with Crippen molar-refractivity contribution in [2.45, 2.75) is 46.7 Å². The second-order valence-corrected chi connectivity index (χ2v) is 6.79. The minimum atomic E-state index is -0.589. The van der Waals surface area contributed by atoms with E-state index in [0.29, 0.717) is 13.0 Å². The Bertz CT molecular complexity index is 855. The first-order valence-electron chi connectivity index (χ1n) is 10.1. The first-order valence-corrected chi connectivity index (χ1v) is 10.1. The fourth-order valence-corrected chi connectivity index (χ4v) is 3.17. The van der Waals surface area contributed by atoms with Crippen molar-refractivity contribution in [3.05, 3.63) is 35.7 Å². The van der Waals surface area contributed by atoms with E-state index in [0.717, 1.165) is 55.0 Å². The van der Waals surface area contributed by atoms with Crippen molar-refractivity contribution in [3.63, 3.8) is 0 Å². The molecule has 2 rings (SSSR count). The second-order valence-electron chi connectivity index (χ2n) is 6.79. The summed E-state index contributed by atoms with van der Waals surface area (Å²) in [5.41, 5.74) is 4.16. The molecule has 0 radical (unpaired) electrons. The van der Waals surface area contributed by atoms with Crippen molar-refractivity contribution in [3.8, 4) is 0 Å². The Hall–Kier alpha value is -2.71. The van der Waals surface area contributed by atoms with Gasteiger partial charge in [0.05, 0.1) is 17.6 Å². The van der Waals surface area contributed by atoms with Gasteiger partial charge in [-0.15, -0.1) is 0 Å². The van der Waals surface area contributed by atoms with Crippen LogP contribution in [0.5, 0.6) is 0 Å². The normalized spacial score (nSPS) is 11.5. The molecule has 0 saturated heterocycles. The van der Waals surface area contributed by atoms with Crippen molar-refractivity contribution in [2.75, 3.05) is 19.6 Å². The van der Waals surface area contributed by atoms with Crippen LogP contribution in [-0.4, -0.2) is 51.1 Å². The molecular weight excluding hydrogens is 370 g/mol. The molecule has 2 amide bonds. The third-order valence-corrected chi connectivity index (χ3v) is 4.84. The average Bonchev–Trinajstić information content (AvgIpc) is 3.08. The van der Waals surface area contributed by atoms with Crippen LogP contribution >= 0.6 is 0 Å².